The Morgan fingerprint density at radius 1 is 1.19 bits per heavy atom. The number of methoxy groups -OCH3 is 2. The maximum absolute atomic E-state index is 5.47. The number of hydrogen-bond acceptors (Lipinski definition) is 5. The Morgan fingerprint density at radius 3 is 2.62 bits per heavy atom. The molecule has 1 heterocycles. The maximum atomic E-state index is 5.47. The SMILES string of the molecule is CCNC(=NCc1cccc(OC)c1OC)NCCN1CCOCC1.I. The van der Waals surface area contributed by atoms with Crippen molar-refractivity contribution >= 4 is 29.9 Å². The largest absolute Gasteiger partial charge is 0.493 e. The molecule has 0 spiro atoms. The van der Waals surface area contributed by atoms with Crippen molar-refractivity contribution in [3.05, 3.63) is 23.8 Å². The van der Waals surface area contributed by atoms with E-state index in [1.54, 1.807) is 14.2 Å². The molecular weight excluding hydrogens is 447 g/mol. The molecule has 0 atom stereocenters. The average Bonchev–Trinajstić information content (AvgIpc) is 2.66. The van der Waals surface area contributed by atoms with Crippen LogP contribution >= 0.6 is 24.0 Å². The van der Waals surface area contributed by atoms with Crippen molar-refractivity contribution in [1.29, 1.82) is 0 Å². The zero-order valence-electron chi connectivity index (χ0n) is 15.9. The highest BCUT2D eigenvalue weighted by molar-refractivity contribution is 14.0. The van der Waals surface area contributed by atoms with E-state index in [4.69, 9.17) is 14.2 Å². The molecule has 1 aliphatic heterocycles. The number of para-hydroxylation sites is 1. The molecule has 1 aromatic carbocycles. The third-order valence-electron chi connectivity index (χ3n) is 4.06. The molecule has 0 aliphatic carbocycles. The van der Waals surface area contributed by atoms with Crippen LogP contribution in [0.25, 0.3) is 0 Å². The molecule has 1 aliphatic rings. The van der Waals surface area contributed by atoms with E-state index in [-0.39, 0.29) is 24.0 Å². The number of ether oxygens (including phenoxy) is 3. The van der Waals surface area contributed by atoms with E-state index in [1.165, 1.54) is 0 Å². The summed E-state index contributed by atoms with van der Waals surface area (Å²) < 4.78 is 16.2. The third-order valence-corrected chi connectivity index (χ3v) is 4.06. The van der Waals surface area contributed by atoms with E-state index in [9.17, 15) is 0 Å². The van der Waals surface area contributed by atoms with Gasteiger partial charge in [0, 0.05) is 38.3 Å². The van der Waals surface area contributed by atoms with Gasteiger partial charge in [0.1, 0.15) is 0 Å². The molecule has 0 saturated carbocycles. The number of halogens is 1. The molecule has 0 amide bonds. The van der Waals surface area contributed by atoms with E-state index >= 15 is 0 Å². The smallest absolute Gasteiger partial charge is 0.191 e. The number of nitrogens with zero attached hydrogens (tertiary/aromatic N) is 2. The van der Waals surface area contributed by atoms with E-state index in [0.29, 0.717) is 6.54 Å². The van der Waals surface area contributed by atoms with Gasteiger partial charge in [0.05, 0.1) is 34.0 Å². The number of aliphatic imine (C=N–C) groups is 1. The molecule has 0 aromatic heterocycles. The average molecular weight is 478 g/mol. The van der Waals surface area contributed by atoms with Gasteiger partial charge in [-0.3, -0.25) is 4.90 Å². The van der Waals surface area contributed by atoms with Crippen molar-refractivity contribution in [3.8, 4) is 11.5 Å². The van der Waals surface area contributed by atoms with Crippen molar-refractivity contribution in [3.63, 3.8) is 0 Å². The number of hydrogen-bond donors (Lipinski definition) is 2. The van der Waals surface area contributed by atoms with E-state index in [2.05, 4.69) is 27.4 Å². The molecule has 1 saturated heterocycles. The number of benzene rings is 1. The molecule has 2 N–H and O–H groups in total. The lowest BCUT2D eigenvalue weighted by Crippen LogP contribution is -2.44. The van der Waals surface area contributed by atoms with Crippen LogP contribution in [-0.4, -0.2) is 71.0 Å². The van der Waals surface area contributed by atoms with Crippen molar-refractivity contribution in [1.82, 2.24) is 15.5 Å². The highest BCUT2D eigenvalue weighted by atomic mass is 127. The Bertz CT molecular complexity index is 551. The van der Waals surface area contributed by atoms with Crippen LogP contribution in [0, 0.1) is 0 Å². The Morgan fingerprint density at radius 2 is 1.96 bits per heavy atom. The molecule has 8 heteroatoms. The highest BCUT2D eigenvalue weighted by Crippen LogP contribution is 2.30. The second-order valence-corrected chi connectivity index (χ2v) is 5.73. The minimum atomic E-state index is 0. The molecule has 7 nitrogen and oxygen atoms in total. The normalized spacial score (nSPS) is 15.1. The number of rotatable bonds is 8. The summed E-state index contributed by atoms with van der Waals surface area (Å²) in [5, 5.41) is 6.67. The zero-order valence-corrected chi connectivity index (χ0v) is 18.2. The Hall–Kier alpha value is -1.26. The fourth-order valence-electron chi connectivity index (χ4n) is 2.74. The Balaban J connectivity index is 0.00000338. The molecule has 1 fully saturated rings. The summed E-state index contributed by atoms with van der Waals surface area (Å²) >= 11 is 0. The second kappa shape index (κ2) is 13.0. The predicted octanol–water partition coefficient (Wildman–Crippen LogP) is 1.71. The first-order chi connectivity index (χ1) is 12.3. The monoisotopic (exact) mass is 478 g/mol. The predicted molar refractivity (Wildman–Crippen MR) is 115 cm³/mol. The molecule has 148 valence electrons. The molecule has 26 heavy (non-hydrogen) atoms. The van der Waals surface area contributed by atoms with Crippen LogP contribution in [0.3, 0.4) is 0 Å². The summed E-state index contributed by atoms with van der Waals surface area (Å²) in [6, 6.07) is 5.84. The molecule has 0 unspecified atom stereocenters. The second-order valence-electron chi connectivity index (χ2n) is 5.73. The topological polar surface area (TPSA) is 67.4 Å². The quantitative estimate of drug-likeness (QED) is 0.337. The Labute approximate surface area is 173 Å². The van der Waals surface area contributed by atoms with Crippen LogP contribution in [0.2, 0.25) is 0 Å². The molecule has 1 aromatic rings. The summed E-state index contributed by atoms with van der Waals surface area (Å²) in [6.07, 6.45) is 0. The van der Waals surface area contributed by atoms with Gasteiger partial charge in [0.15, 0.2) is 17.5 Å². The van der Waals surface area contributed by atoms with Crippen LogP contribution in [-0.2, 0) is 11.3 Å². The third kappa shape index (κ3) is 7.16. The molecule has 0 bridgehead atoms. The van der Waals surface area contributed by atoms with E-state index in [0.717, 1.165) is 69.0 Å². The summed E-state index contributed by atoms with van der Waals surface area (Å²) in [5.74, 6) is 2.26. The zero-order chi connectivity index (χ0) is 17.9. The van der Waals surface area contributed by atoms with Crippen molar-refractivity contribution in [2.75, 3.05) is 60.2 Å². The fraction of sp³-hybridized carbons (Fsp3) is 0.611. The van der Waals surface area contributed by atoms with Crippen LogP contribution in [0.1, 0.15) is 12.5 Å². The van der Waals surface area contributed by atoms with Crippen molar-refractivity contribution in [2.45, 2.75) is 13.5 Å². The lowest BCUT2D eigenvalue weighted by molar-refractivity contribution is 0.0389. The van der Waals surface area contributed by atoms with Gasteiger partial charge >= 0.3 is 0 Å². The number of morpholine rings is 1. The first-order valence-electron chi connectivity index (χ1n) is 8.80. The standard InChI is InChI=1S/C18H30N4O3.HI/c1-4-19-18(20-8-9-22-10-12-25-13-11-22)21-14-15-6-5-7-16(23-2)17(15)24-3;/h5-7H,4,8-14H2,1-3H3,(H2,19,20,21);1H. The van der Waals surface area contributed by atoms with Gasteiger partial charge in [0.2, 0.25) is 0 Å². The highest BCUT2D eigenvalue weighted by Gasteiger charge is 2.11. The number of nitrogens with one attached hydrogen (secondary N) is 2. The first kappa shape index (κ1) is 22.8. The molecule has 0 radical (unpaired) electrons. The summed E-state index contributed by atoms with van der Waals surface area (Å²) in [6.45, 7) is 8.87. The van der Waals surface area contributed by atoms with Crippen molar-refractivity contribution < 1.29 is 14.2 Å². The van der Waals surface area contributed by atoms with E-state index < -0.39 is 0 Å². The van der Waals surface area contributed by atoms with Crippen molar-refractivity contribution in [2.24, 2.45) is 4.99 Å². The van der Waals surface area contributed by atoms with Crippen LogP contribution in [0.5, 0.6) is 11.5 Å². The van der Waals surface area contributed by atoms with Gasteiger partial charge in [-0.15, -0.1) is 24.0 Å². The van der Waals surface area contributed by atoms with Gasteiger partial charge < -0.3 is 24.8 Å². The molecular formula is C18H31IN4O3. The van der Waals surface area contributed by atoms with Gasteiger partial charge in [0.25, 0.3) is 0 Å². The first-order valence-corrected chi connectivity index (χ1v) is 8.80. The maximum Gasteiger partial charge on any atom is 0.191 e. The minimum Gasteiger partial charge on any atom is -0.493 e. The van der Waals surface area contributed by atoms with Crippen LogP contribution < -0.4 is 20.1 Å². The van der Waals surface area contributed by atoms with E-state index in [1.807, 2.05) is 18.2 Å². The van der Waals surface area contributed by atoms with Crippen LogP contribution in [0.15, 0.2) is 23.2 Å². The van der Waals surface area contributed by atoms with Gasteiger partial charge in [-0.05, 0) is 13.0 Å². The summed E-state index contributed by atoms with van der Waals surface area (Å²) in [7, 11) is 3.29. The lowest BCUT2D eigenvalue weighted by Gasteiger charge is -2.26. The summed E-state index contributed by atoms with van der Waals surface area (Å²) in [5.41, 5.74) is 0.993. The number of guanidine groups is 1. The fourth-order valence-corrected chi connectivity index (χ4v) is 2.74. The van der Waals surface area contributed by atoms with Crippen LogP contribution in [0.4, 0.5) is 0 Å². The Kier molecular flexibility index (Phi) is 11.4. The van der Waals surface area contributed by atoms with Gasteiger partial charge in [-0.1, -0.05) is 12.1 Å². The van der Waals surface area contributed by atoms with Gasteiger partial charge in [-0.25, -0.2) is 4.99 Å². The summed E-state index contributed by atoms with van der Waals surface area (Å²) in [4.78, 5) is 7.06. The minimum absolute atomic E-state index is 0. The van der Waals surface area contributed by atoms with Gasteiger partial charge in [-0.2, -0.15) is 0 Å². The lowest BCUT2D eigenvalue weighted by atomic mass is 10.2. The molecule has 2 rings (SSSR count).